The van der Waals surface area contributed by atoms with Crippen molar-refractivity contribution in [2.24, 2.45) is 4.99 Å². The summed E-state index contributed by atoms with van der Waals surface area (Å²) in [6, 6.07) is 0. The van der Waals surface area contributed by atoms with Crippen LogP contribution in [0.25, 0.3) is 0 Å². The van der Waals surface area contributed by atoms with Gasteiger partial charge in [0.05, 0.1) is 11.3 Å². The molecule has 0 fully saturated rings. The standard InChI is InChI=1S/C22H34N4O6S/c1-13(24-17(27)30-20(2,3)4)14-12-23-16(33-11)25-15(14)26(18(28)31-21(5,6)7)19(29)32-22(8,9)10/h12H,1-11H3. The Morgan fingerprint density at radius 3 is 1.73 bits per heavy atom. The van der Waals surface area contributed by atoms with E-state index in [2.05, 4.69) is 15.0 Å². The Kier molecular flexibility index (Phi) is 9.01. The number of imide groups is 1. The molecule has 11 heteroatoms. The van der Waals surface area contributed by atoms with Crippen LogP contribution in [-0.2, 0) is 14.2 Å². The van der Waals surface area contributed by atoms with Crippen LogP contribution < -0.4 is 4.90 Å². The van der Waals surface area contributed by atoms with E-state index in [-0.39, 0.29) is 22.2 Å². The first-order valence-electron chi connectivity index (χ1n) is 10.3. The fourth-order valence-electron chi connectivity index (χ4n) is 2.23. The molecule has 1 heterocycles. The lowest BCUT2D eigenvalue weighted by molar-refractivity contribution is 0.0427. The second kappa shape index (κ2) is 10.5. The van der Waals surface area contributed by atoms with Gasteiger partial charge in [-0.05, 0) is 75.5 Å². The average molecular weight is 483 g/mol. The Hall–Kier alpha value is -2.69. The third kappa shape index (κ3) is 9.77. The monoisotopic (exact) mass is 482 g/mol. The van der Waals surface area contributed by atoms with E-state index in [0.29, 0.717) is 4.90 Å². The molecule has 184 valence electrons. The molecule has 0 N–H and O–H groups in total. The topological polar surface area (TPSA) is 120 Å². The molecule has 0 spiro atoms. The summed E-state index contributed by atoms with van der Waals surface area (Å²) in [5.41, 5.74) is -2.24. The van der Waals surface area contributed by atoms with E-state index in [1.807, 2.05) is 0 Å². The molecule has 0 aliphatic heterocycles. The van der Waals surface area contributed by atoms with Crippen LogP contribution in [-0.4, -0.2) is 57.0 Å². The van der Waals surface area contributed by atoms with E-state index < -0.39 is 35.1 Å². The Balaban J connectivity index is 3.65. The van der Waals surface area contributed by atoms with Crippen molar-refractivity contribution in [3.05, 3.63) is 11.8 Å². The summed E-state index contributed by atoms with van der Waals surface area (Å²) in [7, 11) is 0. The molecular formula is C22H34N4O6S. The molecule has 10 nitrogen and oxygen atoms in total. The third-order valence-corrected chi connectivity index (χ3v) is 3.90. The minimum absolute atomic E-state index is 0.123. The number of nitrogens with zero attached hydrogens (tertiary/aromatic N) is 4. The zero-order valence-electron chi connectivity index (χ0n) is 21.2. The minimum Gasteiger partial charge on any atom is -0.443 e. The van der Waals surface area contributed by atoms with Crippen LogP contribution in [0.1, 0.15) is 74.8 Å². The van der Waals surface area contributed by atoms with E-state index in [4.69, 9.17) is 14.2 Å². The molecule has 1 rings (SSSR count). The van der Waals surface area contributed by atoms with Crippen LogP contribution in [0.5, 0.6) is 0 Å². The molecule has 0 saturated carbocycles. The van der Waals surface area contributed by atoms with Gasteiger partial charge in [0.1, 0.15) is 16.8 Å². The zero-order chi connectivity index (χ0) is 25.8. The first-order chi connectivity index (χ1) is 14.8. The van der Waals surface area contributed by atoms with Gasteiger partial charge in [-0.1, -0.05) is 11.8 Å². The number of rotatable bonds is 3. The molecule has 0 aliphatic rings. The van der Waals surface area contributed by atoms with Crippen LogP contribution in [0.4, 0.5) is 20.2 Å². The fourth-order valence-corrected chi connectivity index (χ4v) is 2.56. The van der Waals surface area contributed by atoms with Gasteiger partial charge in [-0.2, -0.15) is 9.89 Å². The molecule has 0 radical (unpaired) electrons. The van der Waals surface area contributed by atoms with Gasteiger partial charge in [0.15, 0.2) is 11.0 Å². The summed E-state index contributed by atoms with van der Waals surface area (Å²) in [5.74, 6) is -0.123. The quantitative estimate of drug-likeness (QED) is 0.234. The molecular weight excluding hydrogens is 448 g/mol. The normalized spacial score (nSPS) is 12.8. The number of hydrogen-bond acceptors (Lipinski definition) is 9. The second-order valence-electron chi connectivity index (χ2n) is 10.1. The average Bonchev–Trinajstić information content (AvgIpc) is 2.56. The highest BCUT2D eigenvalue weighted by Gasteiger charge is 2.36. The molecule has 0 bridgehead atoms. The van der Waals surface area contributed by atoms with E-state index in [1.54, 1.807) is 68.6 Å². The number of amides is 3. The van der Waals surface area contributed by atoms with Crippen molar-refractivity contribution in [1.82, 2.24) is 9.97 Å². The van der Waals surface area contributed by atoms with Gasteiger partial charge in [-0.25, -0.2) is 24.4 Å². The molecule has 0 unspecified atom stereocenters. The van der Waals surface area contributed by atoms with E-state index in [9.17, 15) is 14.4 Å². The fraction of sp³-hybridized carbons (Fsp3) is 0.636. The maximum atomic E-state index is 13.1. The molecule has 0 atom stereocenters. The van der Waals surface area contributed by atoms with Gasteiger partial charge in [-0.3, -0.25) is 0 Å². The second-order valence-corrected chi connectivity index (χ2v) is 10.8. The summed E-state index contributed by atoms with van der Waals surface area (Å²) in [5, 5.41) is 0.288. The number of aromatic nitrogens is 2. The minimum atomic E-state index is -0.992. The number of ether oxygens (including phenoxy) is 3. The SMILES string of the molecule is CSc1ncc(C(C)=NC(=O)OC(C)(C)C)c(N(C(=O)OC(C)(C)C)C(=O)OC(C)(C)C)n1. The van der Waals surface area contributed by atoms with Gasteiger partial charge in [0.25, 0.3) is 0 Å². The van der Waals surface area contributed by atoms with Crippen molar-refractivity contribution in [3.8, 4) is 0 Å². The molecule has 0 saturated heterocycles. The molecule has 0 aromatic carbocycles. The smallest absolute Gasteiger partial charge is 0.434 e. The van der Waals surface area contributed by atoms with E-state index in [1.165, 1.54) is 24.9 Å². The van der Waals surface area contributed by atoms with Crippen LogP contribution in [0.15, 0.2) is 16.3 Å². The molecule has 1 aromatic heterocycles. The summed E-state index contributed by atoms with van der Waals surface area (Å²) in [4.78, 5) is 51.5. The number of hydrogen-bond donors (Lipinski definition) is 0. The highest BCUT2D eigenvalue weighted by Crippen LogP contribution is 2.26. The largest absolute Gasteiger partial charge is 0.443 e. The maximum absolute atomic E-state index is 13.1. The van der Waals surface area contributed by atoms with Crippen LogP contribution in [0.3, 0.4) is 0 Å². The Morgan fingerprint density at radius 2 is 1.33 bits per heavy atom. The van der Waals surface area contributed by atoms with Crippen molar-refractivity contribution >= 4 is 41.6 Å². The van der Waals surface area contributed by atoms with Crippen molar-refractivity contribution in [2.75, 3.05) is 11.2 Å². The van der Waals surface area contributed by atoms with Crippen LogP contribution >= 0.6 is 11.8 Å². The van der Waals surface area contributed by atoms with Crippen LogP contribution in [0.2, 0.25) is 0 Å². The summed E-state index contributed by atoms with van der Waals surface area (Å²) in [6.45, 7) is 16.7. The van der Waals surface area contributed by atoms with Crippen molar-refractivity contribution in [3.63, 3.8) is 0 Å². The summed E-state index contributed by atoms with van der Waals surface area (Å²) in [6.07, 6.45) is 0.300. The molecule has 3 amide bonds. The first kappa shape index (κ1) is 28.3. The van der Waals surface area contributed by atoms with Crippen molar-refractivity contribution in [1.29, 1.82) is 0 Å². The Morgan fingerprint density at radius 1 is 0.879 bits per heavy atom. The van der Waals surface area contributed by atoms with Gasteiger partial charge in [0.2, 0.25) is 0 Å². The maximum Gasteiger partial charge on any atom is 0.434 e. The molecule has 0 aliphatic carbocycles. The predicted molar refractivity (Wildman–Crippen MR) is 127 cm³/mol. The molecule has 33 heavy (non-hydrogen) atoms. The number of carbonyl (C=O) groups excluding carboxylic acids is 3. The highest BCUT2D eigenvalue weighted by molar-refractivity contribution is 7.98. The molecule has 1 aromatic rings. The number of anilines is 1. The number of carbonyl (C=O) groups is 3. The van der Waals surface area contributed by atoms with Crippen LogP contribution in [0, 0.1) is 0 Å². The van der Waals surface area contributed by atoms with Gasteiger partial charge >= 0.3 is 18.3 Å². The van der Waals surface area contributed by atoms with Gasteiger partial charge in [-0.15, -0.1) is 0 Å². The van der Waals surface area contributed by atoms with E-state index in [0.717, 1.165) is 0 Å². The Labute approximate surface area is 199 Å². The number of aliphatic imine (C=N–C) groups is 1. The van der Waals surface area contributed by atoms with Crippen molar-refractivity contribution in [2.45, 2.75) is 91.2 Å². The van der Waals surface area contributed by atoms with E-state index >= 15 is 0 Å². The lowest BCUT2D eigenvalue weighted by Crippen LogP contribution is -2.45. The van der Waals surface area contributed by atoms with Gasteiger partial charge < -0.3 is 14.2 Å². The lowest BCUT2D eigenvalue weighted by Gasteiger charge is -2.29. The predicted octanol–water partition coefficient (Wildman–Crippen LogP) is 5.62. The lowest BCUT2D eigenvalue weighted by atomic mass is 10.2. The number of thioether (sulfide) groups is 1. The Bertz CT molecular complexity index is 898. The third-order valence-electron chi connectivity index (χ3n) is 3.34. The highest BCUT2D eigenvalue weighted by atomic mass is 32.2. The first-order valence-corrected chi connectivity index (χ1v) is 11.5. The summed E-state index contributed by atoms with van der Waals surface area (Å²) >= 11 is 1.21. The van der Waals surface area contributed by atoms with Crippen molar-refractivity contribution < 1.29 is 28.6 Å². The zero-order valence-corrected chi connectivity index (χ0v) is 22.0. The van der Waals surface area contributed by atoms with Gasteiger partial charge in [0, 0.05) is 6.20 Å². The summed E-state index contributed by atoms with van der Waals surface area (Å²) < 4.78 is 16.1.